The maximum Gasteiger partial charge on any atom is 0.0797 e. The number of benzene rings is 1. The van der Waals surface area contributed by atoms with Crippen LogP contribution in [-0.2, 0) is 4.74 Å². The van der Waals surface area contributed by atoms with Crippen LogP contribution >= 0.6 is 0 Å². The summed E-state index contributed by atoms with van der Waals surface area (Å²) in [5.74, 6) is 0. The third-order valence-corrected chi connectivity index (χ3v) is 1.97. The Kier molecular flexibility index (Phi) is 3.67. The largest absolute Gasteiger partial charge is 0.372 e. The molecule has 0 saturated heterocycles. The first-order valence-corrected chi connectivity index (χ1v) is 4.94. The molecule has 0 aliphatic carbocycles. The maximum absolute atomic E-state index is 5.84. The fraction of sp³-hybridized carbons (Fsp3) is 0.500. The van der Waals surface area contributed by atoms with Crippen LogP contribution in [0, 0.1) is 0 Å². The Morgan fingerprint density at radius 1 is 1.29 bits per heavy atom. The van der Waals surface area contributed by atoms with E-state index in [1.54, 1.807) is 0 Å². The molecule has 0 radical (unpaired) electrons. The van der Waals surface area contributed by atoms with Crippen molar-refractivity contribution in [1.29, 1.82) is 0 Å². The fourth-order valence-electron chi connectivity index (χ4n) is 1.16. The van der Waals surface area contributed by atoms with E-state index in [0.29, 0.717) is 6.61 Å². The number of rotatable bonds is 4. The molecule has 0 aliphatic heterocycles. The Bertz CT molecular complexity index is 263. The van der Waals surface area contributed by atoms with Crippen molar-refractivity contribution in [2.24, 2.45) is 5.73 Å². The van der Waals surface area contributed by atoms with Crippen LogP contribution in [0.15, 0.2) is 30.3 Å². The minimum atomic E-state index is -0.261. The Balaban J connectivity index is 2.48. The van der Waals surface area contributed by atoms with Crippen LogP contribution in [0.2, 0.25) is 0 Å². The smallest absolute Gasteiger partial charge is 0.0797 e. The average Bonchev–Trinajstić information content (AvgIpc) is 2.14. The van der Waals surface area contributed by atoms with Gasteiger partial charge in [-0.1, -0.05) is 30.3 Å². The van der Waals surface area contributed by atoms with Gasteiger partial charge in [-0.25, -0.2) is 0 Å². The van der Waals surface area contributed by atoms with Gasteiger partial charge in [-0.15, -0.1) is 0 Å². The highest BCUT2D eigenvalue weighted by Gasteiger charge is 2.13. The van der Waals surface area contributed by atoms with Gasteiger partial charge in [0.05, 0.1) is 12.7 Å². The lowest BCUT2D eigenvalue weighted by molar-refractivity contribution is 0.0379. The van der Waals surface area contributed by atoms with Crippen LogP contribution in [0.5, 0.6) is 0 Å². The molecule has 78 valence electrons. The van der Waals surface area contributed by atoms with Crippen LogP contribution in [0.1, 0.15) is 32.4 Å². The molecule has 14 heavy (non-hydrogen) atoms. The third kappa shape index (κ3) is 3.90. The molecule has 1 aromatic carbocycles. The summed E-state index contributed by atoms with van der Waals surface area (Å²) in [7, 11) is 0. The average molecular weight is 193 g/mol. The predicted molar refractivity (Wildman–Crippen MR) is 59.1 cm³/mol. The molecule has 0 spiro atoms. The van der Waals surface area contributed by atoms with Crippen molar-refractivity contribution >= 4 is 0 Å². The van der Waals surface area contributed by atoms with Gasteiger partial charge in [-0.3, -0.25) is 0 Å². The van der Waals surface area contributed by atoms with Crippen LogP contribution in [0.3, 0.4) is 0 Å². The molecule has 2 N–H and O–H groups in total. The summed E-state index contributed by atoms with van der Waals surface area (Å²) >= 11 is 0. The summed E-state index contributed by atoms with van der Waals surface area (Å²) < 4.78 is 5.67. The molecule has 1 atom stereocenters. The monoisotopic (exact) mass is 193 g/mol. The molecule has 0 aromatic heterocycles. The molecule has 0 saturated carbocycles. The van der Waals surface area contributed by atoms with Gasteiger partial charge in [0.2, 0.25) is 0 Å². The molecule has 0 amide bonds. The third-order valence-electron chi connectivity index (χ3n) is 1.97. The lowest BCUT2D eigenvalue weighted by Gasteiger charge is -2.22. The molecule has 1 unspecified atom stereocenters. The molecular weight excluding hydrogens is 174 g/mol. The van der Waals surface area contributed by atoms with E-state index >= 15 is 0 Å². The molecular formula is C12H19NO. The Hall–Kier alpha value is -0.860. The molecule has 0 heterocycles. The van der Waals surface area contributed by atoms with Gasteiger partial charge in [0.15, 0.2) is 0 Å². The van der Waals surface area contributed by atoms with E-state index in [1.165, 1.54) is 5.56 Å². The van der Waals surface area contributed by atoms with Gasteiger partial charge in [-0.2, -0.15) is 0 Å². The Morgan fingerprint density at radius 3 is 2.36 bits per heavy atom. The Morgan fingerprint density at radius 2 is 1.86 bits per heavy atom. The summed E-state index contributed by atoms with van der Waals surface area (Å²) in [4.78, 5) is 0. The van der Waals surface area contributed by atoms with E-state index in [-0.39, 0.29) is 11.6 Å². The van der Waals surface area contributed by atoms with Crippen molar-refractivity contribution < 1.29 is 4.74 Å². The topological polar surface area (TPSA) is 35.2 Å². The van der Waals surface area contributed by atoms with Crippen LogP contribution in [0.25, 0.3) is 0 Å². The summed E-state index contributed by atoms with van der Waals surface area (Å²) in [6.07, 6.45) is 0.110. The summed E-state index contributed by atoms with van der Waals surface area (Å²) in [6.45, 7) is 6.54. The van der Waals surface area contributed by atoms with E-state index in [2.05, 4.69) is 12.1 Å². The van der Waals surface area contributed by atoms with E-state index in [1.807, 2.05) is 39.0 Å². The van der Waals surface area contributed by atoms with Crippen molar-refractivity contribution in [2.75, 3.05) is 6.61 Å². The van der Waals surface area contributed by atoms with Crippen molar-refractivity contribution in [2.45, 2.75) is 32.4 Å². The minimum Gasteiger partial charge on any atom is -0.372 e. The van der Waals surface area contributed by atoms with Gasteiger partial charge in [0, 0.05) is 5.54 Å². The second-order valence-corrected chi connectivity index (χ2v) is 4.35. The van der Waals surface area contributed by atoms with Gasteiger partial charge in [0.1, 0.15) is 0 Å². The highest BCUT2D eigenvalue weighted by molar-refractivity contribution is 5.16. The minimum absolute atomic E-state index is 0.110. The lowest BCUT2D eigenvalue weighted by Crippen LogP contribution is -2.37. The SMILES string of the molecule is CC(OCC(C)(C)N)c1ccccc1. The van der Waals surface area contributed by atoms with Crippen molar-refractivity contribution in [3.05, 3.63) is 35.9 Å². The van der Waals surface area contributed by atoms with E-state index < -0.39 is 0 Å². The molecule has 2 heteroatoms. The normalized spacial score (nSPS) is 14.0. The van der Waals surface area contributed by atoms with Crippen molar-refractivity contribution in [1.82, 2.24) is 0 Å². The van der Waals surface area contributed by atoms with E-state index in [4.69, 9.17) is 10.5 Å². The fourth-order valence-corrected chi connectivity index (χ4v) is 1.16. The van der Waals surface area contributed by atoms with Crippen LogP contribution in [0.4, 0.5) is 0 Å². The number of hydrogen-bond acceptors (Lipinski definition) is 2. The van der Waals surface area contributed by atoms with Crippen LogP contribution < -0.4 is 5.73 Å². The first-order chi connectivity index (χ1) is 6.49. The quantitative estimate of drug-likeness (QED) is 0.797. The first-order valence-electron chi connectivity index (χ1n) is 4.94. The second-order valence-electron chi connectivity index (χ2n) is 4.35. The van der Waals surface area contributed by atoms with Gasteiger partial charge < -0.3 is 10.5 Å². The van der Waals surface area contributed by atoms with E-state index in [0.717, 1.165) is 0 Å². The molecule has 2 nitrogen and oxygen atoms in total. The zero-order chi connectivity index (χ0) is 10.6. The van der Waals surface area contributed by atoms with Gasteiger partial charge >= 0.3 is 0 Å². The molecule has 1 aromatic rings. The molecule has 1 rings (SSSR count). The molecule has 0 aliphatic rings. The van der Waals surface area contributed by atoms with Gasteiger partial charge in [0.25, 0.3) is 0 Å². The number of hydrogen-bond donors (Lipinski definition) is 1. The van der Waals surface area contributed by atoms with Gasteiger partial charge in [-0.05, 0) is 26.3 Å². The van der Waals surface area contributed by atoms with E-state index in [9.17, 15) is 0 Å². The number of ether oxygens (including phenoxy) is 1. The summed E-state index contributed by atoms with van der Waals surface area (Å²) in [5, 5.41) is 0. The summed E-state index contributed by atoms with van der Waals surface area (Å²) in [5.41, 5.74) is 6.77. The van der Waals surface area contributed by atoms with Crippen molar-refractivity contribution in [3.63, 3.8) is 0 Å². The maximum atomic E-state index is 5.84. The van der Waals surface area contributed by atoms with Crippen molar-refractivity contribution in [3.8, 4) is 0 Å². The standard InChI is InChI=1S/C12H19NO/c1-10(14-9-12(2,3)13)11-7-5-4-6-8-11/h4-8,10H,9,13H2,1-3H3. The molecule has 0 fully saturated rings. The number of nitrogens with two attached hydrogens (primary N) is 1. The first kappa shape index (κ1) is 11.2. The zero-order valence-corrected chi connectivity index (χ0v) is 9.16. The highest BCUT2D eigenvalue weighted by atomic mass is 16.5. The lowest BCUT2D eigenvalue weighted by atomic mass is 10.1. The van der Waals surface area contributed by atoms with Crippen LogP contribution in [-0.4, -0.2) is 12.1 Å². The Labute approximate surface area is 86.1 Å². The summed E-state index contributed by atoms with van der Waals surface area (Å²) in [6, 6.07) is 10.2. The molecule has 0 bridgehead atoms. The highest BCUT2D eigenvalue weighted by Crippen LogP contribution is 2.17. The second kappa shape index (κ2) is 4.58. The zero-order valence-electron chi connectivity index (χ0n) is 9.16. The predicted octanol–water partition coefficient (Wildman–Crippen LogP) is 2.50.